The van der Waals surface area contributed by atoms with Gasteiger partial charge < -0.3 is 20.1 Å². The number of hydrogen-bond acceptors (Lipinski definition) is 6. The molecule has 8 nitrogen and oxygen atoms in total. The molecular weight excluding hydrogens is 557 g/mol. The van der Waals surface area contributed by atoms with Crippen LogP contribution in [0.1, 0.15) is 16.8 Å². The predicted octanol–water partition coefficient (Wildman–Crippen LogP) is 6.05. The molecule has 0 radical (unpaired) electrons. The van der Waals surface area contributed by atoms with Gasteiger partial charge in [0.15, 0.2) is 5.82 Å². The van der Waals surface area contributed by atoms with Crippen molar-refractivity contribution >= 4 is 28.2 Å². The summed E-state index contributed by atoms with van der Waals surface area (Å²) in [7, 11) is 1.63. The fraction of sp³-hybridized carbons (Fsp3) is 0.219. The van der Waals surface area contributed by atoms with E-state index in [9.17, 15) is 13.2 Å². The summed E-state index contributed by atoms with van der Waals surface area (Å²) in [6, 6.07) is 24.1. The second-order valence-corrected chi connectivity index (χ2v) is 10.1. The van der Waals surface area contributed by atoms with Gasteiger partial charge in [0.05, 0.1) is 38.1 Å². The summed E-state index contributed by atoms with van der Waals surface area (Å²) < 4.78 is 52.9. The maximum atomic E-state index is 13.3. The number of amidine groups is 1. The summed E-state index contributed by atoms with van der Waals surface area (Å²) in [5, 5.41) is 5.86. The van der Waals surface area contributed by atoms with Gasteiger partial charge in [0.2, 0.25) is 0 Å². The molecule has 1 aliphatic rings. The van der Waals surface area contributed by atoms with Crippen molar-refractivity contribution in [3.05, 3.63) is 102 Å². The Balaban J connectivity index is 1.53. The van der Waals surface area contributed by atoms with E-state index in [0.717, 1.165) is 45.6 Å². The Kier molecular flexibility index (Phi) is 7.73. The fourth-order valence-corrected chi connectivity index (χ4v) is 5.09. The van der Waals surface area contributed by atoms with Gasteiger partial charge in [-0.05, 0) is 42.0 Å². The third-order valence-corrected chi connectivity index (χ3v) is 7.24. The molecule has 0 aliphatic carbocycles. The molecule has 1 aliphatic heterocycles. The number of benzene rings is 3. The maximum absolute atomic E-state index is 13.3. The molecule has 2 N–H and O–H groups in total. The highest BCUT2D eigenvalue weighted by Gasteiger charge is 2.30. The van der Waals surface area contributed by atoms with E-state index in [1.54, 1.807) is 7.11 Å². The van der Waals surface area contributed by atoms with Crippen LogP contribution in [-0.2, 0) is 17.5 Å². The maximum Gasteiger partial charge on any atom is 0.416 e. The van der Waals surface area contributed by atoms with Crippen LogP contribution in [-0.4, -0.2) is 54.0 Å². The Hall–Kier alpha value is -4.90. The molecule has 6 rings (SSSR count). The van der Waals surface area contributed by atoms with Crippen molar-refractivity contribution in [1.29, 1.82) is 0 Å². The number of aromatic nitrogens is 3. The fourth-order valence-electron chi connectivity index (χ4n) is 5.09. The molecule has 11 heteroatoms. The number of pyridine rings is 1. The van der Waals surface area contributed by atoms with Gasteiger partial charge in [-0.25, -0.2) is 9.98 Å². The van der Waals surface area contributed by atoms with Crippen LogP contribution in [0.5, 0.6) is 5.75 Å². The number of aliphatic imine (C=N–C) groups is 1. The standard InChI is InChI=1S/C32H29F3N6O2/c1-42-25-12-10-21(11-13-25)20-41-29-26(28(39-41)22-6-3-2-4-7-22)19-27(38-31(29)40-14-16-43-17-15-40)30(36)37-24-9-5-8-23(18-24)32(33,34)35/h2-13,18-19H,14-17,20H2,1H3,(H2,36,37). The predicted molar refractivity (Wildman–Crippen MR) is 160 cm³/mol. The lowest BCUT2D eigenvalue weighted by molar-refractivity contribution is -0.137. The number of morpholine rings is 1. The normalized spacial score (nSPS) is 14.3. The van der Waals surface area contributed by atoms with E-state index in [4.69, 9.17) is 25.3 Å². The van der Waals surface area contributed by atoms with Gasteiger partial charge in [0.1, 0.15) is 28.5 Å². The van der Waals surface area contributed by atoms with Gasteiger partial charge in [0.25, 0.3) is 0 Å². The summed E-state index contributed by atoms with van der Waals surface area (Å²) in [5.41, 5.74) is 9.54. The third kappa shape index (κ3) is 6.02. The highest BCUT2D eigenvalue weighted by Crippen LogP contribution is 2.35. The van der Waals surface area contributed by atoms with Crippen LogP contribution in [0.25, 0.3) is 22.2 Å². The second kappa shape index (κ2) is 11.8. The first kappa shape index (κ1) is 28.2. The van der Waals surface area contributed by atoms with E-state index in [1.165, 1.54) is 12.1 Å². The summed E-state index contributed by atoms with van der Waals surface area (Å²) in [5.74, 6) is 1.41. The zero-order valence-corrected chi connectivity index (χ0v) is 23.4. The number of ether oxygens (including phenoxy) is 2. The van der Waals surface area contributed by atoms with Crippen LogP contribution < -0.4 is 15.4 Å². The zero-order valence-electron chi connectivity index (χ0n) is 23.4. The molecule has 1 fully saturated rings. The second-order valence-electron chi connectivity index (χ2n) is 10.1. The van der Waals surface area contributed by atoms with E-state index in [1.807, 2.05) is 65.3 Å². The Morgan fingerprint density at radius 1 is 0.977 bits per heavy atom. The quantitative estimate of drug-likeness (QED) is 0.185. The Labute approximate surface area is 246 Å². The van der Waals surface area contributed by atoms with Gasteiger partial charge >= 0.3 is 6.18 Å². The zero-order chi connectivity index (χ0) is 30.0. The van der Waals surface area contributed by atoms with Gasteiger partial charge in [-0.1, -0.05) is 48.5 Å². The summed E-state index contributed by atoms with van der Waals surface area (Å²) >= 11 is 0. The van der Waals surface area contributed by atoms with E-state index in [2.05, 4.69) is 9.89 Å². The lowest BCUT2D eigenvalue weighted by atomic mass is 10.1. The number of nitrogens with zero attached hydrogens (tertiary/aromatic N) is 5. The Bertz CT molecular complexity index is 1760. The summed E-state index contributed by atoms with van der Waals surface area (Å²) in [6.45, 7) is 2.73. The minimum Gasteiger partial charge on any atom is -0.497 e. The van der Waals surface area contributed by atoms with Crippen molar-refractivity contribution < 1.29 is 22.6 Å². The van der Waals surface area contributed by atoms with E-state index in [-0.39, 0.29) is 11.5 Å². The van der Waals surface area contributed by atoms with Crippen molar-refractivity contribution in [2.75, 3.05) is 38.3 Å². The van der Waals surface area contributed by atoms with Crippen LogP contribution >= 0.6 is 0 Å². The molecule has 0 amide bonds. The monoisotopic (exact) mass is 586 g/mol. The molecular formula is C32H29F3N6O2. The first-order valence-electron chi connectivity index (χ1n) is 13.7. The lowest BCUT2D eigenvalue weighted by Crippen LogP contribution is -2.37. The number of hydrogen-bond donors (Lipinski definition) is 1. The van der Waals surface area contributed by atoms with Crippen LogP contribution in [0.15, 0.2) is 89.9 Å². The van der Waals surface area contributed by atoms with Gasteiger partial charge in [0, 0.05) is 24.0 Å². The topological polar surface area (TPSA) is 90.8 Å². The van der Waals surface area contributed by atoms with Gasteiger partial charge in [-0.15, -0.1) is 0 Å². The largest absolute Gasteiger partial charge is 0.497 e. The highest BCUT2D eigenvalue weighted by molar-refractivity contribution is 6.06. The van der Waals surface area contributed by atoms with Crippen LogP contribution in [0.2, 0.25) is 0 Å². The van der Waals surface area contributed by atoms with Crippen molar-refractivity contribution in [3.8, 4) is 17.0 Å². The Morgan fingerprint density at radius 2 is 1.72 bits per heavy atom. The van der Waals surface area contributed by atoms with Crippen molar-refractivity contribution in [3.63, 3.8) is 0 Å². The van der Waals surface area contributed by atoms with Crippen molar-refractivity contribution in [2.45, 2.75) is 12.7 Å². The van der Waals surface area contributed by atoms with Gasteiger partial charge in [-0.2, -0.15) is 18.3 Å². The molecule has 1 saturated heterocycles. The molecule has 3 aromatic carbocycles. The number of anilines is 1. The Morgan fingerprint density at radius 3 is 2.42 bits per heavy atom. The van der Waals surface area contributed by atoms with E-state index in [0.29, 0.717) is 44.4 Å². The number of fused-ring (bicyclic) bond motifs is 1. The molecule has 3 heterocycles. The first-order valence-corrected chi connectivity index (χ1v) is 13.7. The first-order chi connectivity index (χ1) is 20.8. The smallest absolute Gasteiger partial charge is 0.416 e. The number of halogens is 3. The number of methoxy groups -OCH3 is 1. The molecule has 0 unspecified atom stereocenters. The summed E-state index contributed by atoms with van der Waals surface area (Å²) in [6.07, 6.45) is -4.50. The van der Waals surface area contributed by atoms with Crippen molar-refractivity contribution in [1.82, 2.24) is 14.8 Å². The number of nitrogens with two attached hydrogens (primary N) is 1. The van der Waals surface area contributed by atoms with Crippen LogP contribution in [0, 0.1) is 0 Å². The SMILES string of the molecule is COc1ccc(Cn2nc(-c3ccccc3)c3cc(C(N)=Nc4cccc(C(F)(F)F)c4)nc(N4CCOCC4)c32)cc1. The minimum absolute atomic E-state index is 0.00218. The summed E-state index contributed by atoms with van der Waals surface area (Å²) in [4.78, 5) is 11.4. The van der Waals surface area contributed by atoms with Crippen LogP contribution in [0.4, 0.5) is 24.7 Å². The molecule has 43 heavy (non-hydrogen) atoms. The molecule has 220 valence electrons. The molecule has 0 atom stereocenters. The molecule has 5 aromatic rings. The lowest BCUT2D eigenvalue weighted by Gasteiger charge is -2.29. The number of alkyl halides is 3. The van der Waals surface area contributed by atoms with Gasteiger partial charge in [-0.3, -0.25) is 4.68 Å². The van der Waals surface area contributed by atoms with Crippen LogP contribution in [0.3, 0.4) is 0 Å². The third-order valence-electron chi connectivity index (χ3n) is 7.24. The molecule has 0 saturated carbocycles. The molecule has 0 bridgehead atoms. The average molecular weight is 587 g/mol. The average Bonchev–Trinajstić information content (AvgIpc) is 3.39. The van der Waals surface area contributed by atoms with E-state index < -0.39 is 11.7 Å². The minimum atomic E-state index is -4.50. The van der Waals surface area contributed by atoms with Crippen molar-refractivity contribution in [2.24, 2.45) is 10.7 Å². The van der Waals surface area contributed by atoms with E-state index >= 15 is 0 Å². The molecule has 2 aromatic heterocycles. The molecule has 0 spiro atoms. The number of rotatable bonds is 7. The highest BCUT2D eigenvalue weighted by atomic mass is 19.4.